The lowest BCUT2D eigenvalue weighted by Crippen LogP contribution is -2.34. The first kappa shape index (κ1) is 16.8. The summed E-state index contributed by atoms with van der Waals surface area (Å²) >= 11 is 0. The average molecular weight is 279 g/mol. The molecule has 0 unspecified atom stereocenters. The first-order valence-corrected chi connectivity index (χ1v) is 12.8. The van der Waals surface area contributed by atoms with Gasteiger partial charge in [-0.25, -0.2) is 0 Å². The summed E-state index contributed by atoms with van der Waals surface area (Å²) < 4.78 is 11.4. The van der Waals surface area contributed by atoms with Crippen molar-refractivity contribution in [2.75, 3.05) is 26.3 Å². The third-order valence-corrected chi connectivity index (χ3v) is 4.02. The maximum Gasteiger partial charge on any atom is 0.183 e. The van der Waals surface area contributed by atoms with Crippen LogP contribution in [0, 0.1) is 4.91 Å². The molecule has 0 bridgehead atoms. The van der Waals surface area contributed by atoms with E-state index in [4.69, 9.17) is 8.85 Å². The number of hydrogen-bond acceptors (Lipinski definition) is 4. The van der Waals surface area contributed by atoms with Crippen LogP contribution < -0.4 is 0 Å². The van der Waals surface area contributed by atoms with Crippen LogP contribution in [0.15, 0.2) is 5.29 Å². The minimum absolute atomic E-state index is 0.544. The van der Waals surface area contributed by atoms with Crippen LogP contribution in [0.1, 0.15) is 0 Å². The van der Waals surface area contributed by atoms with Crippen molar-refractivity contribution in [3.63, 3.8) is 0 Å². The Bertz CT molecular complexity index is 207. The van der Waals surface area contributed by atoms with Crippen molar-refractivity contribution in [2.24, 2.45) is 5.29 Å². The van der Waals surface area contributed by atoms with E-state index in [2.05, 4.69) is 44.6 Å². The molecule has 5 nitrogen and oxygen atoms in total. The van der Waals surface area contributed by atoms with E-state index in [1.54, 1.807) is 0 Å². The van der Waals surface area contributed by atoms with Crippen molar-refractivity contribution in [3.05, 3.63) is 4.91 Å². The highest BCUT2D eigenvalue weighted by molar-refractivity contribution is 6.70. The van der Waals surface area contributed by atoms with E-state index in [0.717, 1.165) is 0 Å². The average Bonchev–Trinajstić information content (AvgIpc) is 2.11. The number of hydrogen-bond donors (Lipinski definition) is 0. The number of rotatable bonds is 9. The van der Waals surface area contributed by atoms with Crippen LogP contribution in [-0.4, -0.2) is 47.9 Å². The molecule has 0 aliphatic carbocycles. The number of nitrogens with zero attached hydrogens (tertiary/aromatic N) is 2. The third-order valence-electron chi connectivity index (χ3n) is 1.88. The van der Waals surface area contributed by atoms with Crippen LogP contribution in [0.4, 0.5) is 0 Å². The third kappa shape index (κ3) is 12.0. The Hall–Kier alpha value is -0.246. The maximum atomic E-state index is 10.6. The molecule has 7 heteroatoms. The van der Waals surface area contributed by atoms with Gasteiger partial charge in [0.1, 0.15) is 0 Å². The maximum absolute atomic E-state index is 10.6. The van der Waals surface area contributed by atoms with Gasteiger partial charge in [0.25, 0.3) is 0 Å². The fourth-order valence-corrected chi connectivity index (χ4v) is 2.52. The zero-order valence-corrected chi connectivity index (χ0v) is 13.9. The van der Waals surface area contributed by atoms with Gasteiger partial charge in [0.15, 0.2) is 16.6 Å². The molecule has 0 radical (unpaired) electrons. The largest absolute Gasteiger partial charge is 0.416 e. The highest BCUT2D eigenvalue weighted by atomic mass is 28.4. The molecule has 0 amide bonds. The summed E-state index contributed by atoms with van der Waals surface area (Å²) in [6.45, 7) is 15.0. The lowest BCUT2D eigenvalue weighted by Gasteiger charge is -2.22. The van der Waals surface area contributed by atoms with Gasteiger partial charge in [0.05, 0.1) is 31.6 Å². The van der Waals surface area contributed by atoms with Crippen molar-refractivity contribution in [1.29, 1.82) is 0 Å². The van der Waals surface area contributed by atoms with E-state index in [-0.39, 0.29) is 0 Å². The summed E-state index contributed by atoms with van der Waals surface area (Å²) in [4.78, 5) is 10.6. The summed E-state index contributed by atoms with van der Waals surface area (Å²) in [6.07, 6.45) is 0. The lowest BCUT2D eigenvalue weighted by atomic mass is 10.6. The van der Waals surface area contributed by atoms with E-state index < -0.39 is 16.6 Å². The highest BCUT2D eigenvalue weighted by Gasteiger charge is 2.16. The second kappa shape index (κ2) is 7.25. The molecule has 0 rings (SSSR count). The fourth-order valence-electron chi connectivity index (χ4n) is 1.11. The van der Waals surface area contributed by atoms with Crippen LogP contribution >= 0.6 is 0 Å². The van der Waals surface area contributed by atoms with Crippen molar-refractivity contribution in [1.82, 2.24) is 5.01 Å². The minimum Gasteiger partial charge on any atom is -0.416 e. The van der Waals surface area contributed by atoms with E-state index in [0.29, 0.717) is 26.3 Å². The normalized spacial score (nSPS) is 12.6. The van der Waals surface area contributed by atoms with Crippen LogP contribution in [-0.2, 0) is 8.85 Å². The molecule has 0 atom stereocenters. The Balaban J connectivity index is 3.74. The minimum atomic E-state index is -1.49. The molecule has 17 heavy (non-hydrogen) atoms. The molecule has 0 spiro atoms. The van der Waals surface area contributed by atoms with E-state index in [9.17, 15) is 4.91 Å². The summed E-state index contributed by atoms with van der Waals surface area (Å²) in [5.74, 6) is 0. The van der Waals surface area contributed by atoms with E-state index in [1.165, 1.54) is 5.01 Å². The fraction of sp³-hybridized carbons (Fsp3) is 1.00. The summed E-state index contributed by atoms with van der Waals surface area (Å²) in [7, 11) is -2.99. The van der Waals surface area contributed by atoms with Crippen molar-refractivity contribution >= 4 is 16.6 Å². The first-order valence-electron chi connectivity index (χ1n) is 6.00. The quantitative estimate of drug-likeness (QED) is 0.370. The molecule has 0 aromatic rings. The Morgan fingerprint density at radius 3 is 1.47 bits per heavy atom. The zero-order valence-electron chi connectivity index (χ0n) is 11.9. The van der Waals surface area contributed by atoms with Crippen LogP contribution in [0.5, 0.6) is 0 Å². The van der Waals surface area contributed by atoms with E-state index >= 15 is 0 Å². The van der Waals surface area contributed by atoms with Gasteiger partial charge in [-0.3, -0.25) is 5.01 Å². The SMILES string of the molecule is C[Si](C)(C)OCCN(CCO[Si](C)(C)C)N=O. The molecule has 0 saturated carbocycles. The molecule has 0 aliphatic rings. The second-order valence-corrected chi connectivity index (χ2v) is 15.0. The molecule has 0 N–H and O–H groups in total. The summed E-state index contributed by atoms with van der Waals surface area (Å²) in [5, 5.41) is 4.45. The Labute approximate surface area is 107 Å². The predicted octanol–water partition coefficient (Wildman–Crippen LogP) is 2.67. The molecule has 0 heterocycles. The summed E-state index contributed by atoms with van der Waals surface area (Å²) in [5.41, 5.74) is 0. The van der Waals surface area contributed by atoms with E-state index in [1.807, 2.05) is 0 Å². The highest BCUT2D eigenvalue weighted by Crippen LogP contribution is 2.04. The number of nitroso groups, excluding NO2 is 1. The predicted molar refractivity (Wildman–Crippen MR) is 76.0 cm³/mol. The lowest BCUT2D eigenvalue weighted by molar-refractivity contribution is 0.175. The van der Waals surface area contributed by atoms with Crippen molar-refractivity contribution in [2.45, 2.75) is 39.3 Å². The van der Waals surface area contributed by atoms with Gasteiger partial charge in [-0.1, -0.05) is 0 Å². The van der Waals surface area contributed by atoms with Crippen molar-refractivity contribution in [3.8, 4) is 0 Å². The first-order chi connectivity index (χ1) is 7.64. The standard InChI is InChI=1S/C10H26N2O3Si2/c1-16(2,3)14-9-7-12(11-13)8-10-15-17(4,5)6/h7-10H2,1-6H3. The van der Waals surface area contributed by atoms with Crippen molar-refractivity contribution < 1.29 is 8.85 Å². The van der Waals surface area contributed by atoms with Crippen LogP contribution in [0.25, 0.3) is 0 Å². The van der Waals surface area contributed by atoms with Crippen LogP contribution in [0.2, 0.25) is 39.3 Å². The molecule has 0 aromatic heterocycles. The Morgan fingerprint density at radius 1 is 0.882 bits per heavy atom. The monoisotopic (exact) mass is 278 g/mol. The molecule has 0 aromatic carbocycles. The topological polar surface area (TPSA) is 51.1 Å². The smallest absolute Gasteiger partial charge is 0.183 e. The Kier molecular flexibility index (Phi) is 7.14. The zero-order chi connectivity index (χ0) is 13.5. The summed E-state index contributed by atoms with van der Waals surface area (Å²) in [6, 6.07) is 0. The Morgan fingerprint density at radius 2 is 1.24 bits per heavy atom. The molecule has 0 saturated heterocycles. The molecular formula is C10H26N2O3Si2. The van der Waals surface area contributed by atoms with Gasteiger partial charge < -0.3 is 8.85 Å². The van der Waals surface area contributed by atoms with Gasteiger partial charge >= 0.3 is 0 Å². The molecule has 0 fully saturated rings. The molecule has 0 aliphatic heterocycles. The van der Waals surface area contributed by atoms with Crippen LogP contribution in [0.3, 0.4) is 0 Å². The van der Waals surface area contributed by atoms with Gasteiger partial charge in [0, 0.05) is 0 Å². The molecular weight excluding hydrogens is 252 g/mol. The molecule has 102 valence electrons. The van der Waals surface area contributed by atoms with Gasteiger partial charge in [-0.15, -0.1) is 4.91 Å². The van der Waals surface area contributed by atoms with Gasteiger partial charge in [-0.2, -0.15) is 0 Å². The second-order valence-electron chi connectivity index (χ2n) is 5.96. The van der Waals surface area contributed by atoms with Gasteiger partial charge in [0.2, 0.25) is 0 Å². The van der Waals surface area contributed by atoms with Gasteiger partial charge in [-0.05, 0) is 39.3 Å².